The number of morpholine rings is 1. The van der Waals surface area contributed by atoms with Crippen LogP contribution in [-0.2, 0) is 9.53 Å². The summed E-state index contributed by atoms with van der Waals surface area (Å²) in [6, 6.07) is 3.65. The second kappa shape index (κ2) is 7.82. The molecule has 7 heteroatoms. The van der Waals surface area contributed by atoms with Crippen molar-refractivity contribution < 1.29 is 14.3 Å². The van der Waals surface area contributed by atoms with Crippen LogP contribution in [0.15, 0.2) is 18.3 Å². The molecule has 3 rings (SSSR count). The lowest BCUT2D eigenvalue weighted by Gasteiger charge is -2.36. The molecular weight excluding hydrogens is 320 g/mol. The number of hydrogen-bond donors (Lipinski definition) is 2. The van der Waals surface area contributed by atoms with Crippen LogP contribution in [0.5, 0.6) is 0 Å². The minimum absolute atomic E-state index is 0.0919. The lowest BCUT2D eigenvalue weighted by Crippen LogP contribution is -2.45. The molecular formula is C18H26N4O3. The molecule has 0 aromatic carbocycles. The summed E-state index contributed by atoms with van der Waals surface area (Å²) in [5, 5.41) is 5.62. The van der Waals surface area contributed by atoms with Crippen molar-refractivity contribution in [3.8, 4) is 0 Å². The minimum Gasteiger partial charge on any atom is -0.372 e. The Morgan fingerprint density at radius 1 is 1.16 bits per heavy atom. The van der Waals surface area contributed by atoms with E-state index < -0.39 is 0 Å². The molecule has 1 saturated heterocycles. The van der Waals surface area contributed by atoms with Gasteiger partial charge in [-0.1, -0.05) is 0 Å². The van der Waals surface area contributed by atoms with Gasteiger partial charge in [0.05, 0.1) is 17.8 Å². The third kappa shape index (κ3) is 4.92. The van der Waals surface area contributed by atoms with E-state index in [-0.39, 0.29) is 29.9 Å². The fraction of sp³-hybridized carbons (Fsp3) is 0.611. The summed E-state index contributed by atoms with van der Waals surface area (Å²) in [6.45, 7) is 6.56. The highest BCUT2D eigenvalue weighted by molar-refractivity contribution is 5.94. The predicted molar refractivity (Wildman–Crippen MR) is 94.5 cm³/mol. The van der Waals surface area contributed by atoms with Gasteiger partial charge in [-0.15, -0.1) is 0 Å². The zero-order valence-corrected chi connectivity index (χ0v) is 14.8. The molecule has 1 aromatic rings. The number of aromatic nitrogens is 1. The molecule has 1 aromatic heterocycles. The second-order valence-electron chi connectivity index (χ2n) is 6.89. The van der Waals surface area contributed by atoms with Gasteiger partial charge in [-0.25, -0.2) is 4.98 Å². The van der Waals surface area contributed by atoms with Crippen LogP contribution in [0.1, 0.15) is 37.0 Å². The molecule has 1 aliphatic carbocycles. The maximum Gasteiger partial charge on any atom is 0.252 e. The van der Waals surface area contributed by atoms with Gasteiger partial charge in [0.1, 0.15) is 5.82 Å². The summed E-state index contributed by atoms with van der Waals surface area (Å²) in [7, 11) is 0. The number of rotatable bonds is 6. The molecule has 0 spiro atoms. The van der Waals surface area contributed by atoms with Crippen LogP contribution in [0.2, 0.25) is 0 Å². The van der Waals surface area contributed by atoms with Crippen molar-refractivity contribution in [2.45, 2.75) is 38.9 Å². The zero-order chi connectivity index (χ0) is 17.8. The molecule has 0 bridgehead atoms. The Kier molecular flexibility index (Phi) is 5.53. The van der Waals surface area contributed by atoms with Gasteiger partial charge in [0.15, 0.2) is 0 Å². The maximum atomic E-state index is 12.1. The monoisotopic (exact) mass is 346 g/mol. The van der Waals surface area contributed by atoms with Crippen molar-refractivity contribution in [3.05, 3.63) is 23.9 Å². The number of nitrogens with one attached hydrogen (secondary N) is 2. The number of carbonyl (C=O) groups is 2. The fourth-order valence-corrected chi connectivity index (χ4v) is 3.03. The average molecular weight is 346 g/mol. The summed E-state index contributed by atoms with van der Waals surface area (Å²) in [6.07, 6.45) is 3.89. The highest BCUT2D eigenvalue weighted by Gasteiger charge is 2.29. The van der Waals surface area contributed by atoms with Crippen LogP contribution < -0.4 is 15.5 Å². The van der Waals surface area contributed by atoms with Crippen LogP contribution in [-0.4, -0.2) is 55.2 Å². The first-order chi connectivity index (χ1) is 12.0. The summed E-state index contributed by atoms with van der Waals surface area (Å²) in [5.41, 5.74) is 0.520. The van der Waals surface area contributed by atoms with Crippen LogP contribution in [0.3, 0.4) is 0 Å². The van der Waals surface area contributed by atoms with E-state index in [1.165, 1.54) is 0 Å². The third-order valence-corrected chi connectivity index (χ3v) is 4.41. The Morgan fingerprint density at radius 2 is 1.84 bits per heavy atom. The lowest BCUT2D eigenvalue weighted by molar-refractivity contribution is -0.122. The van der Waals surface area contributed by atoms with Crippen molar-refractivity contribution in [2.75, 3.05) is 31.1 Å². The van der Waals surface area contributed by atoms with Crippen LogP contribution in [0, 0.1) is 5.92 Å². The molecule has 2 N–H and O–H groups in total. The van der Waals surface area contributed by atoms with Crippen molar-refractivity contribution in [3.63, 3.8) is 0 Å². The van der Waals surface area contributed by atoms with Crippen LogP contribution in [0.25, 0.3) is 0 Å². The van der Waals surface area contributed by atoms with Gasteiger partial charge >= 0.3 is 0 Å². The Morgan fingerprint density at radius 3 is 2.44 bits per heavy atom. The third-order valence-electron chi connectivity index (χ3n) is 4.41. The molecule has 2 fully saturated rings. The average Bonchev–Trinajstić information content (AvgIpc) is 3.43. The summed E-state index contributed by atoms with van der Waals surface area (Å²) in [4.78, 5) is 30.2. The topological polar surface area (TPSA) is 83.6 Å². The van der Waals surface area contributed by atoms with Gasteiger partial charge in [-0.3, -0.25) is 9.59 Å². The Bertz CT molecular complexity index is 605. The first-order valence-corrected chi connectivity index (χ1v) is 8.95. The van der Waals surface area contributed by atoms with E-state index in [9.17, 15) is 9.59 Å². The number of anilines is 1. The van der Waals surface area contributed by atoms with Crippen molar-refractivity contribution in [2.24, 2.45) is 5.92 Å². The smallest absolute Gasteiger partial charge is 0.252 e. The van der Waals surface area contributed by atoms with Gasteiger partial charge in [-0.05, 0) is 38.8 Å². The van der Waals surface area contributed by atoms with E-state index in [0.717, 1.165) is 31.7 Å². The van der Waals surface area contributed by atoms with Gasteiger partial charge < -0.3 is 20.3 Å². The highest BCUT2D eigenvalue weighted by atomic mass is 16.5. The molecule has 136 valence electrons. The second-order valence-corrected chi connectivity index (χ2v) is 6.89. The van der Waals surface area contributed by atoms with Crippen LogP contribution >= 0.6 is 0 Å². The van der Waals surface area contributed by atoms with E-state index in [2.05, 4.69) is 20.5 Å². The van der Waals surface area contributed by atoms with E-state index in [1.54, 1.807) is 12.3 Å². The fourth-order valence-electron chi connectivity index (χ4n) is 3.03. The molecule has 1 saturated carbocycles. The van der Waals surface area contributed by atoms with Gasteiger partial charge in [0, 0.05) is 38.3 Å². The molecule has 0 radical (unpaired) electrons. The maximum absolute atomic E-state index is 12.1. The molecule has 1 aliphatic heterocycles. The highest BCUT2D eigenvalue weighted by Crippen LogP contribution is 2.28. The molecule has 2 heterocycles. The van der Waals surface area contributed by atoms with E-state index in [4.69, 9.17) is 4.74 Å². The first kappa shape index (κ1) is 17.7. The number of pyridine rings is 1. The number of hydrogen-bond acceptors (Lipinski definition) is 5. The molecule has 2 amide bonds. The number of nitrogens with zero attached hydrogens (tertiary/aromatic N) is 2. The standard InChI is InChI=1S/C18H26N4O3/c1-12-10-22(11-13(2)25-12)16-6-5-15(9-21-16)18(24)20-8-7-19-17(23)14-3-4-14/h5-6,9,12-14H,3-4,7-8,10-11H2,1-2H3,(H,19,23)(H,20,24)/t12-,13-/m0/s1. The molecule has 25 heavy (non-hydrogen) atoms. The minimum atomic E-state index is -0.177. The quantitative estimate of drug-likeness (QED) is 0.750. The first-order valence-electron chi connectivity index (χ1n) is 8.95. The van der Waals surface area contributed by atoms with Crippen LogP contribution in [0.4, 0.5) is 5.82 Å². The largest absolute Gasteiger partial charge is 0.372 e. The Hall–Kier alpha value is -2.15. The lowest BCUT2D eigenvalue weighted by atomic mass is 10.2. The summed E-state index contributed by atoms with van der Waals surface area (Å²) in [5.74, 6) is 0.964. The molecule has 0 unspecified atom stereocenters. The number of carbonyl (C=O) groups excluding carboxylic acids is 2. The van der Waals surface area contributed by atoms with E-state index in [0.29, 0.717) is 18.7 Å². The van der Waals surface area contributed by atoms with Crippen molar-refractivity contribution >= 4 is 17.6 Å². The van der Waals surface area contributed by atoms with E-state index in [1.807, 2.05) is 19.9 Å². The molecule has 2 atom stereocenters. The zero-order valence-electron chi connectivity index (χ0n) is 14.8. The SMILES string of the molecule is C[C@H]1CN(c2ccc(C(=O)NCCNC(=O)C3CC3)cn2)C[C@H](C)O1. The van der Waals surface area contributed by atoms with E-state index >= 15 is 0 Å². The summed E-state index contributed by atoms with van der Waals surface area (Å²) >= 11 is 0. The number of ether oxygens (including phenoxy) is 1. The Labute approximate surface area is 148 Å². The number of amides is 2. The normalized spacial score (nSPS) is 23.2. The predicted octanol–water partition coefficient (Wildman–Crippen LogP) is 0.951. The van der Waals surface area contributed by atoms with Gasteiger partial charge in [-0.2, -0.15) is 0 Å². The molecule has 2 aliphatic rings. The van der Waals surface area contributed by atoms with Crippen molar-refractivity contribution in [1.29, 1.82) is 0 Å². The molecule has 7 nitrogen and oxygen atoms in total. The van der Waals surface area contributed by atoms with Crippen molar-refractivity contribution in [1.82, 2.24) is 15.6 Å². The van der Waals surface area contributed by atoms with Gasteiger partial charge in [0.2, 0.25) is 5.91 Å². The summed E-state index contributed by atoms with van der Waals surface area (Å²) < 4.78 is 5.73. The Balaban J connectivity index is 1.46. The van der Waals surface area contributed by atoms with Gasteiger partial charge in [0.25, 0.3) is 5.91 Å².